The van der Waals surface area contributed by atoms with Crippen LogP contribution in [0.1, 0.15) is 18.4 Å². The molecule has 2 nitrogen and oxygen atoms in total. The number of nitrogens with zero attached hydrogens (tertiary/aromatic N) is 1. The lowest BCUT2D eigenvalue weighted by Crippen LogP contribution is -2.17. The summed E-state index contributed by atoms with van der Waals surface area (Å²) in [6, 6.07) is 8.31. The van der Waals surface area contributed by atoms with Gasteiger partial charge in [0.1, 0.15) is 5.01 Å². The van der Waals surface area contributed by atoms with Crippen molar-refractivity contribution >= 4 is 33.3 Å². The molecular weight excluding hydrogens is 248 g/mol. The summed E-state index contributed by atoms with van der Waals surface area (Å²) in [7, 11) is 0. The number of hydrogen-bond donors (Lipinski definition) is 1. The first-order valence-corrected chi connectivity index (χ1v) is 7.98. The minimum absolute atomic E-state index is 0.734. The van der Waals surface area contributed by atoms with E-state index >= 15 is 0 Å². The van der Waals surface area contributed by atoms with Crippen molar-refractivity contribution in [3.05, 3.63) is 29.3 Å². The molecule has 0 fully saturated rings. The Morgan fingerprint density at radius 3 is 3.00 bits per heavy atom. The van der Waals surface area contributed by atoms with E-state index in [0.29, 0.717) is 0 Å². The minimum Gasteiger partial charge on any atom is -0.310 e. The molecule has 0 aliphatic heterocycles. The number of para-hydroxylation sites is 1. The molecule has 0 bridgehead atoms. The van der Waals surface area contributed by atoms with Gasteiger partial charge in [-0.2, -0.15) is 11.8 Å². The lowest BCUT2D eigenvalue weighted by atomic mass is 10.3. The minimum atomic E-state index is 0.734. The van der Waals surface area contributed by atoms with Crippen molar-refractivity contribution in [3.8, 4) is 0 Å². The Hall–Kier alpha value is -0.580. The van der Waals surface area contributed by atoms with E-state index in [4.69, 9.17) is 0 Å². The molecule has 4 heteroatoms. The second kappa shape index (κ2) is 6.38. The molecule has 2 aromatic rings. The van der Waals surface area contributed by atoms with Crippen LogP contribution in [-0.4, -0.2) is 23.0 Å². The number of thiazole rings is 1. The highest BCUT2D eigenvalue weighted by molar-refractivity contribution is 7.99. The Morgan fingerprint density at radius 1 is 1.41 bits per heavy atom. The van der Waals surface area contributed by atoms with Crippen LogP contribution in [0.4, 0.5) is 0 Å². The van der Waals surface area contributed by atoms with Crippen LogP contribution in [-0.2, 0) is 6.54 Å². The number of hydrogen-bond acceptors (Lipinski definition) is 4. The van der Waals surface area contributed by atoms with Crippen molar-refractivity contribution in [1.29, 1.82) is 0 Å². The maximum absolute atomic E-state index is 4.60. The number of aromatic nitrogens is 1. The molecule has 1 N–H and O–H groups in total. The zero-order chi connectivity index (χ0) is 12.1. The fraction of sp³-hybridized carbons (Fsp3) is 0.462. The first-order chi connectivity index (χ1) is 8.29. The van der Waals surface area contributed by atoms with Gasteiger partial charge in [0.25, 0.3) is 0 Å². The molecule has 0 radical (unpaired) electrons. The Labute approximate surface area is 111 Å². The lowest BCUT2D eigenvalue weighted by Gasteiger charge is -2.07. The number of benzene rings is 1. The van der Waals surface area contributed by atoms with E-state index in [2.05, 4.69) is 41.7 Å². The topological polar surface area (TPSA) is 24.9 Å². The predicted molar refractivity (Wildman–Crippen MR) is 78.9 cm³/mol. The molecule has 1 aromatic heterocycles. The number of fused-ring (bicyclic) bond motifs is 1. The highest BCUT2D eigenvalue weighted by Gasteiger charge is 2.03. The lowest BCUT2D eigenvalue weighted by molar-refractivity contribution is 0.647. The smallest absolute Gasteiger partial charge is 0.108 e. The van der Waals surface area contributed by atoms with E-state index in [1.807, 2.05) is 17.8 Å². The number of nitrogens with one attached hydrogen (secondary N) is 1. The van der Waals surface area contributed by atoms with Crippen LogP contribution in [0.25, 0.3) is 10.2 Å². The SMILES string of the molecule is CSC(C)CCNCc1nc2ccccc2s1. The van der Waals surface area contributed by atoms with E-state index in [1.165, 1.54) is 16.1 Å². The van der Waals surface area contributed by atoms with Gasteiger partial charge in [-0.05, 0) is 31.4 Å². The maximum atomic E-state index is 4.60. The third-order valence-corrected chi connectivity index (χ3v) is 4.82. The van der Waals surface area contributed by atoms with Crippen molar-refractivity contribution in [3.63, 3.8) is 0 Å². The quantitative estimate of drug-likeness (QED) is 0.810. The van der Waals surface area contributed by atoms with Gasteiger partial charge in [0.2, 0.25) is 0 Å². The van der Waals surface area contributed by atoms with Gasteiger partial charge in [-0.1, -0.05) is 19.1 Å². The van der Waals surface area contributed by atoms with Gasteiger partial charge in [0.05, 0.1) is 10.2 Å². The van der Waals surface area contributed by atoms with Crippen molar-refractivity contribution in [2.24, 2.45) is 0 Å². The first-order valence-electron chi connectivity index (χ1n) is 5.87. The summed E-state index contributed by atoms with van der Waals surface area (Å²) in [5.74, 6) is 0. The molecule has 1 unspecified atom stereocenters. The number of thioether (sulfide) groups is 1. The predicted octanol–water partition coefficient (Wildman–Crippen LogP) is 3.53. The van der Waals surface area contributed by atoms with Gasteiger partial charge in [0.15, 0.2) is 0 Å². The molecule has 1 heterocycles. The molecule has 1 atom stereocenters. The zero-order valence-corrected chi connectivity index (χ0v) is 11.9. The summed E-state index contributed by atoms with van der Waals surface area (Å²) in [6.07, 6.45) is 3.38. The van der Waals surface area contributed by atoms with Crippen LogP contribution in [0.5, 0.6) is 0 Å². The van der Waals surface area contributed by atoms with E-state index < -0.39 is 0 Å². The van der Waals surface area contributed by atoms with Crippen LogP contribution < -0.4 is 5.32 Å². The van der Waals surface area contributed by atoms with Crippen LogP contribution in [0.15, 0.2) is 24.3 Å². The Bertz CT molecular complexity index is 434. The second-order valence-electron chi connectivity index (χ2n) is 4.09. The molecule has 0 aliphatic rings. The van der Waals surface area contributed by atoms with Gasteiger partial charge in [-0.15, -0.1) is 11.3 Å². The van der Waals surface area contributed by atoms with E-state index in [9.17, 15) is 0 Å². The molecule has 0 saturated heterocycles. The molecule has 92 valence electrons. The Balaban J connectivity index is 1.83. The third-order valence-electron chi connectivity index (χ3n) is 2.74. The van der Waals surface area contributed by atoms with E-state index in [1.54, 1.807) is 11.3 Å². The Morgan fingerprint density at radius 2 is 2.24 bits per heavy atom. The van der Waals surface area contributed by atoms with Crippen molar-refractivity contribution in [2.45, 2.75) is 25.1 Å². The summed E-state index contributed by atoms with van der Waals surface area (Å²) < 4.78 is 1.28. The zero-order valence-electron chi connectivity index (χ0n) is 10.3. The van der Waals surface area contributed by atoms with Crippen molar-refractivity contribution in [1.82, 2.24) is 10.3 Å². The number of rotatable bonds is 6. The standard InChI is InChI=1S/C13H18N2S2/c1-10(16-2)7-8-14-9-13-15-11-5-3-4-6-12(11)17-13/h3-6,10,14H,7-9H2,1-2H3. The Kier molecular flexibility index (Phi) is 4.83. The third kappa shape index (κ3) is 3.69. The van der Waals surface area contributed by atoms with Gasteiger partial charge < -0.3 is 5.32 Å². The second-order valence-corrected chi connectivity index (χ2v) is 6.48. The van der Waals surface area contributed by atoms with E-state index in [-0.39, 0.29) is 0 Å². The van der Waals surface area contributed by atoms with Gasteiger partial charge in [-0.3, -0.25) is 0 Å². The van der Waals surface area contributed by atoms with Crippen LogP contribution in [0, 0.1) is 0 Å². The summed E-state index contributed by atoms with van der Waals surface area (Å²) in [5.41, 5.74) is 1.12. The molecule has 0 spiro atoms. The highest BCUT2D eigenvalue weighted by Crippen LogP contribution is 2.21. The highest BCUT2D eigenvalue weighted by atomic mass is 32.2. The summed E-state index contributed by atoms with van der Waals surface area (Å²) >= 11 is 3.70. The average molecular weight is 266 g/mol. The fourth-order valence-electron chi connectivity index (χ4n) is 1.61. The molecule has 0 saturated carbocycles. The van der Waals surface area contributed by atoms with Crippen LogP contribution in [0.2, 0.25) is 0 Å². The maximum Gasteiger partial charge on any atom is 0.108 e. The largest absolute Gasteiger partial charge is 0.310 e. The van der Waals surface area contributed by atoms with Gasteiger partial charge >= 0.3 is 0 Å². The molecule has 1 aromatic carbocycles. The monoisotopic (exact) mass is 266 g/mol. The molecule has 2 rings (SSSR count). The fourth-order valence-corrected chi connectivity index (χ4v) is 2.90. The molecule has 0 aliphatic carbocycles. The molecular formula is C13H18N2S2. The van der Waals surface area contributed by atoms with Gasteiger partial charge in [0, 0.05) is 11.8 Å². The van der Waals surface area contributed by atoms with E-state index in [0.717, 1.165) is 23.9 Å². The van der Waals surface area contributed by atoms with Gasteiger partial charge in [-0.25, -0.2) is 4.98 Å². The van der Waals surface area contributed by atoms with Crippen LogP contribution in [0.3, 0.4) is 0 Å². The molecule has 0 amide bonds. The summed E-state index contributed by atoms with van der Waals surface area (Å²) in [6.45, 7) is 4.22. The van der Waals surface area contributed by atoms with Crippen molar-refractivity contribution in [2.75, 3.05) is 12.8 Å². The molecule has 17 heavy (non-hydrogen) atoms. The normalized spacial score (nSPS) is 13.1. The summed E-state index contributed by atoms with van der Waals surface area (Å²) in [5, 5.41) is 5.38. The summed E-state index contributed by atoms with van der Waals surface area (Å²) in [4.78, 5) is 4.60. The average Bonchev–Trinajstić information content (AvgIpc) is 2.76. The van der Waals surface area contributed by atoms with Crippen LogP contribution >= 0.6 is 23.1 Å². The van der Waals surface area contributed by atoms with Crippen molar-refractivity contribution < 1.29 is 0 Å². The first kappa shape index (κ1) is 12.9.